The first-order valence-corrected chi connectivity index (χ1v) is 9.52. The second-order valence-electron chi connectivity index (χ2n) is 5.96. The number of carbonyl (C=O) groups is 1. The van der Waals surface area contributed by atoms with Crippen molar-refractivity contribution in [3.8, 4) is 11.8 Å². The van der Waals surface area contributed by atoms with Gasteiger partial charge in [-0.1, -0.05) is 6.07 Å². The molecule has 1 aromatic carbocycles. The standard InChI is InChI=1S/C20H21N3O3S/c1-25-19-12-17(23-6-8-26-9-7-23)5-4-15(19)11-16(13-21)20(24)22-14-18-3-2-10-27-18/h2-5,10-12H,6-9,14H2,1H3,(H,22,24)/b16-11+. The molecule has 6 nitrogen and oxygen atoms in total. The Hall–Kier alpha value is -2.82. The van der Waals surface area contributed by atoms with E-state index in [4.69, 9.17) is 9.47 Å². The Kier molecular flexibility index (Phi) is 6.47. The van der Waals surface area contributed by atoms with E-state index in [0.717, 1.165) is 23.7 Å². The molecule has 0 atom stereocenters. The number of amides is 1. The predicted octanol–water partition coefficient (Wildman–Crippen LogP) is 2.82. The largest absolute Gasteiger partial charge is 0.496 e. The van der Waals surface area contributed by atoms with Gasteiger partial charge in [0, 0.05) is 35.3 Å². The van der Waals surface area contributed by atoms with Gasteiger partial charge in [-0.2, -0.15) is 5.26 Å². The number of morpholine rings is 1. The fourth-order valence-corrected chi connectivity index (χ4v) is 3.46. The minimum atomic E-state index is -0.398. The predicted molar refractivity (Wildman–Crippen MR) is 106 cm³/mol. The van der Waals surface area contributed by atoms with Gasteiger partial charge in [0.25, 0.3) is 5.91 Å². The van der Waals surface area contributed by atoms with Gasteiger partial charge in [0.05, 0.1) is 26.9 Å². The van der Waals surface area contributed by atoms with E-state index in [1.807, 2.05) is 41.8 Å². The summed E-state index contributed by atoms with van der Waals surface area (Å²) >= 11 is 1.56. The molecule has 1 fully saturated rings. The molecule has 27 heavy (non-hydrogen) atoms. The Morgan fingerprint density at radius 3 is 2.89 bits per heavy atom. The molecule has 2 heterocycles. The third-order valence-electron chi connectivity index (χ3n) is 4.26. The van der Waals surface area contributed by atoms with Crippen LogP contribution >= 0.6 is 11.3 Å². The summed E-state index contributed by atoms with van der Waals surface area (Å²) in [5.74, 6) is 0.225. The van der Waals surface area contributed by atoms with E-state index < -0.39 is 5.91 Å². The SMILES string of the molecule is COc1cc(N2CCOCC2)ccc1/C=C(\C#N)C(=O)NCc1cccs1. The van der Waals surface area contributed by atoms with Crippen LogP contribution in [0.2, 0.25) is 0 Å². The van der Waals surface area contributed by atoms with Crippen molar-refractivity contribution >= 4 is 29.0 Å². The Labute approximate surface area is 162 Å². The van der Waals surface area contributed by atoms with Crippen molar-refractivity contribution in [3.05, 3.63) is 51.7 Å². The van der Waals surface area contributed by atoms with Crippen LogP contribution < -0.4 is 15.0 Å². The first-order valence-electron chi connectivity index (χ1n) is 8.64. The summed E-state index contributed by atoms with van der Waals surface area (Å²) in [6.45, 7) is 3.46. The van der Waals surface area contributed by atoms with Crippen LogP contribution in [-0.2, 0) is 16.1 Å². The maximum absolute atomic E-state index is 12.3. The molecule has 1 N–H and O–H groups in total. The lowest BCUT2D eigenvalue weighted by atomic mass is 10.1. The number of nitrogens with one attached hydrogen (secondary N) is 1. The van der Waals surface area contributed by atoms with Gasteiger partial charge in [-0.25, -0.2) is 0 Å². The maximum atomic E-state index is 12.3. The molecule has 1 aliphatic rings. The van der Waals surface area contributed by atoms with Crippen molar-refractivity contribution in [2.24, 2.45) is 0 Å². The summed E-state index contributed by atoms with van der Waals surface area (Å²) < 4.78 is 10.9. The van der Waals surface area contributed by atoms with E-state index in [0.29, 0.717) is 31.1 Å². The Morgan fingerprint density at radius 1 is 1.41 bits per heavy atom. The van der Waals surface area contributed by atoms with Crippen LogP contribution in [0.15, 0.2) is 41.3 Å². The highest BCUT2D eigenvalue weighted by atomic mass is 32.1. The van der Waals surface area contributed by atoms with E-state index in [1.54, 1.807) is 24.5 Å². The number of anilines is 1. The summed E-state index contributed by atoms with van der Waals surface area (Å²) in [5.41, 5.74) is 1.77. The lowest BCUT2D eigenvalue weighted by Crippen LogP contribution is -2.36. The smallest absolute Gasteiger partial charge is 0.262 e. The normalized spacial score (nSPS) is 14.5. The quantitative estimate of drug-likeness (QED) is 0.613. The van der Waals surface area contributed by atoms with E-state index >= 15 is 0 Å². The molecule has 1 aliphatic heterocycles. The molecule has 0 bridgehead atoms. The topological polar surface area (TPSA) is 74.6 Å². The van der Waals surface area contributed by atoms with Crippen LogP contribution in [0.4, 0.5) is 5.69 Å². The van der Waals surface area contributed by atoms with Gasteiger partial charge in [-0.15, -0.1) is 11.3 Å². The number of thiophene rings is 1. The third-order valence-corrected chi connectivity index (χ3v) is 5.14. The van der Waals surface area contributed by atoms with Crippen molar-refractivity contribution in [1.29, 1.82) is 5.26 Å². The molecule has 1 amide bonds. The van der Waals surface area contributed by atoms with Gasteiger partial charge in [0.1, 0.15) is 17.4 Å². The van der Waals surface area contributed by atoms with Gasteiger partial charge in [-0.05, 0) is 29.7 Å². The van der Waals surface area contributed by atoms with Crippen molar-refractivity contribution < 1.29 is 14.3 Å². The molecule has 140 valence electrons. The van der Waals surface area contributed by atoms with Gasteiger partial charge >= 0.3 is 0 Å². The first-order chi connectivity index (χ1) is 13.2. The second-order valence-corrected chi connectivity index (χ2v) is 6.99. The molecule has 0 spiro atoms. The molecule has 7 heteroatoms. The fraction of sp³-hybridized carbons (Fsp3) is 0.300. The van der Waals surface area contributed by atoms with Crippen LogP contribution in [0.3, 0.4) is 0 Å². The Balaban J connectivity index is 1.76. The number of ether oxygens (including phenoxy) is 2. The molecule has 1 saturated heterocycles. The zero-order valence-corrected chi connectivity index (χ0v) is 15.9. The van der Waals surface area contributed by atoms with Gasteiger partial charge in [-0.3, -0.25) is 4.79 Å². The number of methoxy groups -OCH3 is 1. The van der Waals surface area contributed by atoms with Gasteiger partial charge in [0.15, 0.2) is 0 Å². The zero-order chi connectivity index (χ0) is 19.1. The third kappa shape index (κ3) is 4.88. The molecular weight excluding hydrogens is 362 g/mol. The molecule has 0 radical (unpaired) electrons. The number of nitrogens with zero attached hydrogens (tertiary/aromatic N) is 2. The van der Waals surface area contributed by atoms with Crippen molar-refractivity contribution in [1.82, 2.24) is 5.32 Å². The number of hydrogen-bond acceptors (Lipinski definition) is 6. The van der Waals surface area contributed by atoms with Crippen LogP contribution in [0.1, 0.15) is 10.4 Å². The summed E-state index contributed by atoms with van der Waals surface area (Å²) in [4.78, 5) is 15.6. The number of hydrogen-bond donors (Lipinski definition) is 1. The highest BCUT2D eigenvalue weighted by Crippen LogP contribution is 2.28. The molecular formula is C20H21N3O3S. The maximum Gasteiger partial charge on any atom is 0.262 e. The first kappa shape index (κ1) is 19.0. The van der Waals surface area contributed by atoms with Crippen LogP contribution in [0.5, 0.6) is 5.75 Å². The fourth-order valence-electron chi connectivity index (χ4n) is 2.82. The highest BCUT2D eigenvalue weighted by Gasteiger charge is 2.15. The molecule has 0 unspecified atom stereocenters. The van der Waals surface area contributed by atoms with E-state index in [2.05, 4.69) is 10.2 Å². The van der Waals surface area contributed by atoms with Crippen LogP contribution in [0.25, 0.3) is 6.08 Å². The average molecular weight is 383 g/mol. The minimum Gasteiger partial charge on any atom is -0.496 e. The van der Waals surface area contributed by atoms with Gasteiger partial charge < -0.3 is 19.7 Å². The lowest BCUT2D eigenvalue weighted by molar-refractivity contribution is -0.117. The monoisotopic (exact) mass is 383 g/mol. The van der Waals surface area contributed by atoms with Crippen molar-refractivity contribution in [2.45, 2.75) is 6.54 Å². The van der Waals surface area contributed by atoms with Crippen molar-refractivity contribution in [2.75, 3.05) is 38.3 Å². The highest BCUT2D eigenvalue weighted by molar-refractivity contribution is 7.09. The summed E-state index contributed by atoms with van der Waals surface area (Å²) in [7, 11) is 1.58. The number of benzene rings is 1. The minimum absolute atomic E-state index is 0.0454. The zero-order valence-electron chi connectivity index (χ0n) is 15.1. The second kappa shape index (κ2) is 9.21. The van der Waals surface area contributed by atoms with Gasteiger partial charge in [0.2, 0.25) is 0 Å². The van der Waals surface area contributed by atoms with E-state index in [1.165, 1.54) is 0 Å². The van der Waals surface area contributed by atoms with E-state index in [-0.39, 0.29) is 5.57 Å². The molecule has 0 saturated carbocycles. The van der Waals surface area contributed by atoms with E-state index in [9.17, 15) is 10.1 Å². The molecule has 2 aromatic rings. The average Bonchev–Trinajstić information content (AvgIpc) is 3.24. The molecule has 3 rings (SSSR count). The number of rotatable bonds is 6. The van der Waals surface area contributed by atoms with Crippen LogP contribution in [-0.4, -0.2) is 39.3 Å². The lowest BCUT2D eigenvalue weighted by Gasteiger charge is -2.29. The number of carbonyl (C=O) groups excluding carboxylic acids is 1. The van der Waals surface area contributed by atoms with Crippen molar-refractivity contribution in [3.63, 3.8) is 0 Å². The summed E-state index contributed by atoms with van der Waals surface area (Å²) in [5, 5.41) is 14.1. The number of nitriles is 1. The Bertz CT molecular complexity index is 850. The molecule has 0 aliphatic carbocycles. The Morgan fingerprint density at radius 2 is 2.22 bits per heavy atom. The summed E-state index contributed by atoms with van der Waals surface area (Å²) in [6.07, 6.45) is 1.56. The van der Waals surface area contributed by atoms with Crippen LogP contribution in [0, 0.1) is 11.3 Å². The molecule has 1 aromatic heterocycles. The summed E-state index contributed by atoms with van der Waals surface area (Å²) in [6, 6.07) is 11.6.